The summed E-state index contributed by atoms with van der Waals surface area (Å²) in [6.07, 6.45) is -5.65. The Kier molecular flexibility index (Phi) is 9.78. The van der Waals surface area contributed by atoms with Crippen LogP contribution in [-0.4, -0.2) is 42.2 Å². The van der Waals surface area contributed by atoms with Gasteiger partial charge in [-0.1, -0.05) is 48.0 Å². The number of carbonyl (C=O) groups excluding carboxylic acids is 1. The quantitative estimate of drug-likeness (QED) is 0.222. The van der Waals surface area contributed by atoms with Gasteiger partial charge in [0.25, 0.3) is 5.91 Å². The van der Waals surface area contributed by atoms with Crippen LogP contribution in [0.2, 0.25) is 5.15 Å². The summed E-state index contributed by atoms with van der Waals surface area (Å²) >= 11 is 5.52. The molecule has 1 heterocycles. The molecule has 1 aromatic heterocycles. The van der Waals surface area contributed by atoms with Gasteiger partial charge in [-0.15, -0.1) is 0 Å². The van der Waals surface area contributed by atoms with Crippen LogP contribution in [0.25, 0.3) is 0 Å². The van der Waals surface area contributed by atoms with Crippen molar-refractivity contribution in [2.24, 2.45) is 0 Å². The van der Waals surface area contributed by atoms with E-state index < -0.39 is 29.5 Å². The summed E-state index contributed by atoms with van der Waals surface area (Å²) in [5.41, 5.74) is 0.648. The molecule has 2 aromatic carbocycles. The number of carbonyl (C=O) groups is 2. The summed E-state index contributed by atoms with van der Waals surface area (Å²) in [4.78, 5) is 26.4. The molecule has 3 rings (SSSR count). The molecule has 0 unspecified atom stereocenters. The lowest BCUT2D eigenvalue weighted by atomic mass is 10.1. The number of hydrogen-bond donors (Lipinski definition) is 4. The van der Waals surface area contributed by atoms with Crippen molar-refractivity contribution in [3.05, 3.63) is 88.2 Å². The lowest BCUT2D eigenvalue weighted by Gasteiger charge is -2.20. The van der Waals surface area contributed by atoms with Gasteiger partial charge in [0, 0.05) is 31.9 Å². The van der Waals surface area contributed by atoms with Gasteiger partial charge in [-0.3, -0.25) is 4.79 Å². The highest BCUT2D eigenvalue weighted by Crippen LogP contribution is 2.43. The number of aromatic carboxylic acids is 1. The first-order valence-corrected chi connectivity index (χ1v) is 10.9. The molecule has 0 spiro atoms. The third kappa shape index (κ3) is 7.53. The molecule has 7 nitrogen and oxygen atoms in total. The molecule has 0 bridgehead atoms. The Morgan fingerprint density at radius 1 is 0.892 bits per heavy atom. The Morgan fingerprint density at radius 2 is 1.49 bits per heavy atom. The normalized spacial score (nSPS) is 11.1. The van der Waals surface area contributed by atoms with E-state index in [4.69, 9.17) is 16.7 Å². The number of hydrogen-bond acceptors (Lipinski definition) is 5. The van der Waals surface area contributed by atoms with Gasteiger partial charge < -0.3 is 21.1 Å². The zero-order chi connectivity index (χ0) is 27.8. The lowest BCUT2D eigenvalue weighted by Crippen LogP contribution is -2.33. The van der Waals surface area contributed by atoms with Crippen LogP contribution in [-0.2, 0) is 12.5 Å². The van der Waals surface area contributed by atoms with Gasteiger partial charge in [0.15, 0.2) is 5.69 Å². The Balaban J connectivity index is 0.000000335. The molecule has 0 aliphatic heterocycles. The molecule has 0 saturated heterocycles. The highest BCUT2D eigenvalue weighted by atomic mass is 35.5. The number of alkyl halides is 5. The summed E-state index contributed by atoms with van der Waals surface area (Å²) in [5.74, 6) is -6.41. The van der Waals surface area contributed by atoms with Crippen molar-refractivity contribution in [2.75, 3.05) is 24.7 Å². The van der Waals surface area contributed by atoms with Crippen molar-refractivity contribution in [1.82, 2.24) is 10.3 Å². The second-order valence-electron chi connectivity index (χ2n) is 7.33. The highest BCUT2D eigenvalue weighted by molar-refractivity contribution is 6.29. The Morgan fingerprint density at radius 3 is 2.03 bits per heavy atom. The number of carboxylic acids is 1. The Labute approximate surface area is 213 Å². The number of para-hydroxylation sites is 1. The van der Waals surface area contributed by atoms with E-state index in [1.807, 2.05) is 0 Å². The van der Waals surface area contributed by atoms with Crippen LogP contribution >= 0.6 is 11.6 Å². The fourth-order valence-electron chi connectivity index (χ4n) is 2.97. The van der Waals surface area contributed by atoms with Gasteiger partial charge in [-0.05, 0) is 29.8 Å². The molecule has 0 aliphatic rings. The first-order valence-electron chi connectivity index (χ1n) is 10.5. The smallest absolute Gasteiger partial charge is 0.458 e. The van der Waals surface area contributed by atoms with Crippen LogP contribution in [0.1, 0.15) is 32.0 Å². The molecule has 0 fully saturated rings. The minimum absolute atomic E-state index is 0.00521. The average molecular weight is 545 g/mol. The molecule has 0 saturated carbocycles. The molecule has 37 heavy (non-hydrogen) atoms. The molecule has 3 aromatic rings. The maximum Gasteiger partial charge on any atom is 0.458 e. The number of rotatable bonds is 7. The molecule has 198 valence electrons. The van der Waals surface area contributed by atoms with Crippen molar-refractivity contribution in [3.8, 4) is 0 Å². The van der Waals surface area contributed by atoms with Gasteiger partial charge in [0.05, 0.1) is 11.3 Å². The van der Waals surface area contributed by atoms with Crippen molar-refractivity contribution in [2.45, 2.75) is 18.6 Å². The van der Waals surface area contributed by atoms with Crippen LogP contribution < -0.4 is 16.0 Å². The van der Waals surface area contributed by atoms with E-state index in [0.29, 0.717) is 34.6 Å². The summed E-state index contributed by atoms with van der Waals surface area (Å²) in [6.45, 7) is -0.00521. The summed E-state index contributed by atoms with van der Waals surface area (Å²) in [5, 5.41) is 17.0. The predicted molar refractivity (Wildman–Crippen MR) is 129 cm³/mol. The molecular weight excluding hydrogens is 523 g/mol. The molecule has 13 heteroatoms. The number of nitrogens with one attached hydrogen (secondary N) is 3. The first kappa shape index (κ1) is 29.3. The molecular formula is C24H22ClF5N4O3. The summed E-state index contributed by atoms with van der Waals surface area (Å²) in [7, 11) is 3.28. The van der Waals surface area contributed by atoms with Crippen LogP contribution in [0.15, 0.2) is 60.7 Å². The number of anilines is 2. The van der Waals surface area contributed by atoms with E-state index >= 15 is 0 Å². The number of aromatic nitrogens is 1. The van der Waals surface area contributed by atoms with Gasteiger partial charge in [-0.25, -0.2) is 9.78 Å². The molecule has 4 N–H and O–H groups in total. The van der Waals surface area contributed by atoms with E-state index in [9.17, 15) is 31.5 Å². The Hall–Kier alpha value is -3.93. The minimum atomic E-state index is -5.65. The Bertz CT molecular complexity index is 1240. The molecule has 0 aliphatic carbocycles. The summed E-state index contributed by atoms with van der Waals surface area (Å²) < 4.78 is 63.4. The SMILES string of the molecule is CNc1ccc(Cl)nc1C(=O)O.CNc1ccccc1C(=O)NCc1ccc(C(F)(F)C(F)(F)F)cc1. The average Bonchev–Trinajstić information content (AvgIpc) is 2.87. The van der Waals surface area contributed by atoms with Crippen molar-refractivity contribution in [3.63, 3.8) is 0 Å². The highest BCUT2D eigenvalue weighted by Gasteiger charge is 2.58. The van der Waals surface area contributed by atoms with Gasteiger partial charge in [0.2, 0.25) is 0 Å². The van der Waals surface area contributed by atoms with Crippen molar-refractivity contribution < 1.29 is 36.6 Å². The monoisotopic (exact) mass is 544 g/mol. The van der Waals surface area contributed by atoms with Crippen LogP contribution in [0, 0.1) is 0 Å². The molecule has 0 atom stereocenters. The third-order valence-corrected chi connectivity index (χ3v) is 5.11. The van der Waals surface area contributed by atoms with Gasteiger partial charge in [0.1, 0.15) is 5.15 Å². The topological polar surface area (TPSA) is 103 Å². The lowest BCUT2D eigenvalue weighted by molar-refractivity contribution is -0.289. The fraction of sp³-hybridized carbons (Fsp3) is 0.208. The number of pyridine rings is 1. The number of amides is 1. The van der Waals surface area contributed by atoms with Gasteiger partial charge in [-0.2, -0.15) is 22.0 Å². The van der Waals surface area contributed by atoms with E-state index in [-0.39, 0.29) is 17.4 Å². The standard InChI is InChI=1S/C17H15F5N2O.C7H7ClN2O2/c1-23-14-5-3-2-4-13(14)15(25)24-10-11-6-8-12(9-7-11)16(18,19)17(20,21)22;1-9-4-2-3-5(8)10-6(4)7(11)12/h2-9,23H,10H2,1H3,(H,24,25);2-3,9H,1H3,(H,11,12). The van der Waals surface area contributed by atoms with Gasteiger partial charge >= 0.3 is 18.1 Å². The first-order chi connectivity index (χ1) is 17.3. The number of benzene rings is 2. The van der Waals surface area contributed by atoms with E-state index in [0.717, 1.165) is 12.1 Å². The second-order valence-corrected chi connectivity index (χ2v) is 7.72. The number of nitrogens with zero attached hydrogens (tertiary/aromatic N) is 1. The summed E-state index contributed by atoms with van der Waals surface area (Å²) in [6, 6.07) is 13.5. The van der Waals surface area contributed by atoms with Crippen molar-refractivity contribution >= 4 is 34.9 Å². The maximum atomic E-state index is 13.2. The van der Waals surface area contributed by atoms with Crippen LogP contribution in [0.5, 0.6) is 0 Å². The number of carboxylic acid groups (broad SMARTS) is 1. The van der Waals surface area contributed by atoms with E-state index in [2.05, 4.69) is 20.9 Å². The molecule has 1 amide bonds. The third-order valence-electron chi connectivity index (χ3n) is 4.90. The largest absolute Gasteiger partial charge is 0.476 e. The fourth-order valence-corrected chi connectivity index (χ4v) is 3.12. The van der Waals surface area contributed by atoms with Crippen LogP contribution in [0.4, 0.5) is 33.3 Å². The van der Waals surface area contributed by atoms with Crippen LogP contribution in [0.3, 0.4) is 0 Å². The second kappa shape index (κ2) is 12.3. The zero-order valence-electron chi connectivity index (χ0n) is 19.5. The maximum absolute atomic E-state index is 13.2. The van der Waals surface area contributed by atoms with Crippen molar-refractivity contribution in [1.29, 1.82) is 0 Å². The van der Waals surface area contributed by atoms with E-state index in [1.165, 1.54) is 6.07 Å². The molecule has 0 radical (unpaired) electrons. The number of halogens is 6. The predicted octanol–water partition coefficient (Wildman–Crippen LogP) is 5.79. The van der Waals surface area contributed by atoms with E-state index in [1.54, 1.807) is 44.4 Å². The minimum Gasteiger partial charge on any atom is -0.476 e. The zero-order valence-corrected chi connectivity index (χ0v) is 20.2.